The molecule has 0 radical (unpaired) electrons. The monoisotopic (exact) mass is 585 g/mol. The number of Topliss-reactive ketones (excluding diaryl/α,β-unsaturated/α-hetero) is 1. The van der Waals surface area contributed by atoms with E-state index in [4.69, 9.17) is 42.1 Å². The van der Waals surface area contributed by atoms with Crippen molar-refractivity contribution < 1.29 is 33.6 Å². The van der Waals surface area contributed by atoms with Crippen LogP contribution in [0.5, 0.6) is 23.0 Å². The SMILES string of the molecule is CCOc1cccc(N2C(=O)C(=O)/C(=C(/O)c3cc(Cl)c(OC)c(Cl)c3OC)C2c2cccc(OC(C)C)c2)c1. The van der Waals surface area contributed by atoms with E-state index in [-0.39, 0.29) is 38.8 Å². The highest BCUT2D eigenvalue weighted by atomic mass is 35.5. The van der Waals surface area contributed by atoms with Gasteiger partial charge >= 0.3 is 0 Å². The van der Waals surface area contributed by atoms with Gasteiger partial charge in [-0.1, -0.05) is 41.4 Å². The molecule has 40 heavy (non-hydrogen) atoms. The van der Waals surface area contributed by atoms with Crippen molar-refractivity contribution in [3.63, 3.8) is 0 Å². The molecule has 1 heterocycles. The molecule has 10 heteroatoms. The number of methoxy groups -OCH3 is 2. The summed E-state index contributed by atoms with van der Waals surface area (Å²) in [6, 6.07) is 14.2. The fourth-order valence-electron chi connectivity index (χ4n) is 4.63. The Morgan fingerprint density at radius 2 is 1.65 bits per heavy atom. The molecule has 0 bridgehead atoms. The summed E-state index contributed by atoms with van der Waals surface area (Å²) in [6.07, 6.45) is -0.114. The highest BCUT2D eigenvalue weighted by Crippen LogP contribution is 2.48. The first-order valence-corrected chi connectivity index (χ1v) is 13.3. The van der Waals surface area contributed by atoms with E-state index < -0.39 is 23.5 Å². The van der Waals surface area contributed by atoms with Crippen LogP contribution in [0.25, 0.3) is 5.76 Å². The topological polar surface area (TPSA) is 94.5 Å². The van der Waals surface area contributed by atoms with Crippen LogP contribution in [-0.2, 0) is 9.59 Å². The van der Waals surface area contributed by atoms with E-state index in [0.717, 1.165) is 0 Å². The number of ether oxygens (including phenoxy) is 4. The van der Waals surface area contributed by atoms with Gasteiger partial charge in [-0.2, -0.15) is 0 Å². The second kappa shape index (κ2) is 12.1. The number of aliphatic hydroxyl groups is 1. The molecule has 1 amide bonds. The molecule has 8 nitrogen and oxygen atoms in total. The van der Waals surface area contributed by atoms with Gasteiger partial charge in [0.2, 0.25) is 0 Å². The summed E-state index contributed by atoms with van der Waals surface area (Å²) in [4.78, 5) is 28.6. The molecule has 210 valence electrons. The molecular weight excluding hydrogens is 557 g/mol. The Labute approximate surface area is 242 Å². The normalized spacial score (nSPS) is 16.4. The number of carbonyl (C=O) groups excluding carboxylic acids is 2. The van der Waals surface area contributed by atoms with E-state index >= 15 is 0 Å². The van der Waals surface area contributed by atoms with Crippen molar-refractivity contribution in [3.8, 4) is 23.0 Å². The minimum absolute atomic E-state index is 0.00146. The van der Waals surface area contributed by atoms with Gasteiger partial charge in [0.05, 0.1) is 49.1 Å². The quantitative estimate of drug-likeness (QED) is 0.167. The van der Waals surface area contributed by atoms with E-state index in [1.165, 1.54) is 25.2 Å². The number of halogens is 2. The number of nitrogens with zero attached hydrogens (tertiary/aromatic N) is 1. The third-order valence-electron chi connectivity index (χ3n) is 6.19. The van der Waals surface area contributed by atoms with Crippen molar-refractivity contribution in [1.82, 2.24) is 0 Å². The molecule has 0 spiro atoms. The Kier molecular flexibility index (Phi) is 8.81. The third-order valence-corrected chi connectivity index (χ3v) is 6.82. The van der Waals surface area contributed by atoms with Gasteiger partial charge in [-0.05, 0) is 56.7 Å². The molecule has 4 rings (SSSR count). The van der Waals surface area contributed by atoms with Crippen LogP contribution in [0.4, 0.5) is 5.69 Å². The van der Waals surface area contributed by atoms with E-state index in [2.05, 4.69) is 0 Å². The number of hydrogen-bond acceptors (Lipinski definition) is 7. The highest BCUT2D eigenvalue weighted by molar-refractivity contribution is 6.52. The number of hydrogen-bond donors (Lipinski definition) is 1. The third kappa shape index (κ3) is 5.42. The van der Waals surface area contributed by atoms with Crippen molar-refractivity contribution in [1.29, 1.82) is 0 Å². The second-order valence-electron chi connectivity index (χ2n) is 9.12. The molecule has 1 unspecified atom stereocenters. The van der Waals surface area contributed by atoms with Crippen LogP contribution in [0.1, 0.15) is 37.9 Å². The summed E-state index contributed by atoms with van der Waals surface area (Å²) in [7, 11) is 2.74. The number of anilines is 1. The number of carbonyl (C=O) groups is 2. The van der Waals surface area contributed by atoms with Crippen molar-refractivity contribution in [2.75, 3.05) is 25.7 Å². The molecule has 1 saturated heterocycles. The zero-order valence-electron chi connectivity index (χ0n) is 22.7. The number of amides is 1. The fourth-order valence-corrected chi connectivity index (χ4v) is 5.31. The minimum atomic E-state index is -1.03. The Morgan fingerprint density at radius 3 is 2.30 bits per heavy atom. The van der Waals surface area contributed by atoms with Gasteiger partial charge in [-0.15, -0.1) is 0 Å². The molecule has 1 aliphatic rings. The van der Waals surface area contributed by atoms with Crippen LogP contribution in [0, 0.1) is 0 Å². The highest BCUT2D eigenvalue weighted by Gasteiger charge is 2.47. The van der Waals surface area contributed by atoms with Gasteiger partial charge < -0.3 is 24.1 Å². The number of benzene rings is 3. The molecule has 0 saturated carbocycles. The van der Waals surface area contributed by atoms with Gasteiger partial charge in [-0.25, -0.2) is 0 Å². The van der Waals surface area contributed by atoms with Crippen LogP contribution >= 0.6 is 23.2 Å². The minimum Gasteiger partial charge on any atom is -0.507 e. The molecule has 1 aliphatic heterocycles. The molecule has 1 fully saturated rings. The molecule has 1 N–H and O–H groups in total. The largest absolute Gasteiger partial charge is 0.507 e. The molecule has 0 aliphatic carbocycles. The summed E-state index contributed by atoms with van der Waals surface area (Å²) in [5, 5.41) is 11.8. The first-order chi connectivity index (χ1) is 19.1. The summed E-state index contributed by atoms with van der Waals surface area (Å²) in [5.74, 6) is -1.02. The lowest BCUT2D eigenvalue weighted by atomic mass is 9.94. The van der Waals surface area contributed by atoms with Crippen molar-refractivity contribution in [2.24, 2.45) is 0 Å². The van der Waals surface area contributed by atoms with Gasteiger partial charge in [0, 0.05) is 11.8 Å². The maximum atomic E-state index is 13.7. The van der Waals surface area contributed by atoms with Gasteiger partial charge in [0.25, 0.3) is 11.7 Å². The van der Waals surface area contributed by atoms with E-state index in [9.17, 15) is 14.7 Å². The van der Waals surface area contributed by atoms with Crippen molar-refractivity contribution >= 4 is 46.3 Å². The van der Waals surface area contributed by atoms with E-state index in [1.54, 1.807) is 48.5 Å². The first kappa shape index (κ1) is 29.1. The second-order valence-corrected chi connectivity index (χ2v) is 9.91. The maximum Gasteiger partial charge on any atom is 0.300 e. The Hall–Kier alpha value is -3.88. The molecular formula is C30H29Cl2NO7. The molecule has 0 aromatic heterocycles. The summed E-state index contributed by atoms with van der Waals surface area (Å²) >= 11 is 12.9. The Balaban J connectivity index is 2.00. The standard InChI is InChI=1S/C30H29Cl2NO7/c1-6-39-19-11-8-10-18(14-19)33-25(17-9-7-12-20(13-17)40-16(2)3)23(27(35)30(33)36)26(34)21-15-22(31)29(38-5)24(32)28(21)37-4/h7-16,25,34H,6H2,1-5H3/b26-23+. The zero-order chi connectivity index (χ0) is 29.1. The smallest absolute Gasteiger partial charge is 0.300 e. The lowest BCUT2D eigenvalue weighted by Gasteiger charge is -2.26. The Morgan fingerprint density at radius 1 is 0.975 bits per heavy atom. The number of aliphatic hydroxyl groups excluding tert-OH is 1. The summed E-state index contributed by atoms with van der Waals surface area (Å²) < 4.78 is 22.2. The average molecular weight is 586 g/mol. The number of rotatable bonds is 9. The zero-order valence-corrected chi connectivity index (χ0v) is 24.2. The average Bonchev–Trinajstić information content (AvgIpc) is 3.18. The van der Waals surface area contributed by atoms with Crippen LogP contribution < -0.4 is 23.8 Å². The maximum absolute atomic E-state index is 13.7. The van der Waals surface area contributed by atoms with Crippen LogP contribution in [0.2, 0.25) is 10.0 Å². The van der Waals surface area contributed by atoms with Crippen molar-refractivity contribution in [2.45, 2.75) is 32.9 Å². The van der Waals surface area contributed by atoms with Gasteiger partial charge in [-0.3, -0.25) is 14.5 Å². The fraction of sp³-hybridized carbons (Fsp3) is 0.267. The first-order valence-electron chi connectivity index (χ1n) is 12.5. The summed E-state index contributed by atoms with van der Waals surface area (Å²) in [5.41, 5.74) is 0.790. The predicted molar refractivity (Wildman–Crippen MR) is 154 cm³/mol. The van der Waals surface area contributed by atoms with E-state index in [0.29, 0.717) is 29.4 Å². The lowest BCUT2D eigenvalue weighted by Crippen LogP contribution is -2.29. The lowest BCUT2D eigenvalue weighted by molar-refractivity contribution is -0.132. The van der Waals surface area contributed by atoms with Gasteiger partial charge in [0.1, 0.15) is 22.3 Å². The van der Waals surface area contributed by atoms with Gasteiger partial charge in [0.15, 0.2) is 11.5 Å². The molecule has 3 aromatic rings. The molecule has 3 aromatic carbocycles. The predicted octanol–water partition coefficient (Wildman–Crippen LogP) is 6.82. The van der Waals surface area contributed by atoms with Crippen LogP contribution in [0.3, 0.4) is 0 Å². The van der Waals surface area contributed by atoms with Crippen LogP contribution in [0.15, 0.2) is 60.2 Å². The summed E-state index contributed by atoms with van der Waals surface area (Å²) in [6.45, 7) is 6.04. The van der Waals surface area contributed by atoms with Crippen LogP contribution in [-0.4, -0.2) is 43.7 Å². The Bertz CT molecular complexity index is 1480. The molecule has 1 atom stereocenters. The van der Waals surface area contributed by atoms with Crippen molar-refractivity contribution in [3.05, 3.63) is 81.3 Å². The number of ketones is 1. The van der Waals surface area contributed by atoms with E-state index in [1.807, 2.05) is 20.8 Å².